The van der Waals surface area contributed by atoms with Crippen LogP contribution in [0.3, 0.4) is 0 Å². The van der Waals surface area contributed by atoms with Crippen molar-refractivity contribution in [3.05, 3.63) is 46.4 Å². The maximum atomic E-state index is 13.0. The Bertz CT molecular complexity index is 885. The number of aliphatic hydroxyl groups is 3. The molecule has 1 aromatic carbocycles. The molecule has 1 saturated carbocycles. The smallest absolute Gasteiger partial charge is 0.223 e. The van der Waals surface area contributed by atoms with Crippen molar-refractivity contribution in [2.45, 2.75) is 24.7 Å². The summed E-state index contributed by atoms with van der Waals surface area (Å²) in [4.78, 5) is 7.97. The standard InChI is InChI=1S/C18H18ClFN4O3/c19-16-12(6-3-9-1-4-11(20)5-2-9)17(24-18(21)23-16)22-13-7-10(8-25)14(26)15(13)27/h1-2,4-5,10,13-15,25-27H,7-8H2,(H3,21,22,23,24)/t10-,13-,14-,15+/m1/s1. The summed E-state index contributed by atoms with van der Waals surface area (Å²) >= 11 is 6.15. The minimum absolute atomic E-state index is 0.0198. The molecule has 0 bridgehead atoms. The van der Waals surface area contributed by atoms with Crippen molar-refractivity contribution in [2.75, 3.05) is 17.7 Å². The number of halogens is 2. The molecule has 6 N–H and O–H groups in total. The molecular formula is C18H18ClFN4O3. The number of nitrogens with one attached hydrogen (secondary N) is 1. The van der Waals surface area contributed by atoms with Crippen LogP contribution < -0.4 is 11.1 Å². The van der Waals surface area contributed by atoms with Gasteiger partial charge in [0.05, 0.1) is 12.1 Å². The largest absolute Gasteiger partial charge is 0.396 e. The van der Waals surface area contributed by atoms with Gasteiger partial charge in [-0.1, -0.05) is 23.4 Å². The quantitative estimate of drug-likeness (QED) is 0.386. The summed E-state index contributed by atoms with van der Waals surface area (Å²) in [6, 6.07) is 5.04. The molecule has 1 aromatic heterocycles. The van der Waals surface area contributed by atoms with Gasteiger partial charge < -0.3 is 26.4 Å². The van der Waals surface area contributed by atoms with Gasteiger partial charge in [-0.05, 0) is 30.7 Å². The Morgan fingerprint density at radius 1 is 1.19 bits per heavy atom. The molecule has 9 heteroatoms. The van der Waals surface area contributed by atoms with E-state index in [1.807, 2.05) is 0 Å². The van der Waals surface area contributed by atoms with Gasteiger partial charge >= 0.3 is 0 Å². The lowest BCUT2D eigenvalue weighted by atomic mass is 10.1. The molecule has 0 radical (unpaired) electrons. The van der Waals surface area contributed by atoms with E-state index >= 15 is 0 Å². The summed E-state index contributed by atoms with van der Waals surface area (Å²) in [6.45, 7) is -0.250. The fraction of sp³-hybridized carbons (Fsp3) is 0.333. The van der Waals surface area contributed by atoms with Crippen LogP contribution in [0.4, 0.5) is 16.2 Å². The Morgan fingerprint density at radius 3 is 2.52 bits per heavy atom. The van der Waals surface area contributed by atoms with E-state index in [0.29, 0.717) is 12.0 Å². The molecule has 1 heterocycles. The van der Waals surface area contributed by atoms with Gasteiger partial charge in [-0.25, -0.2) is 4.39 Å². The van der Waals surface area contributed by atoms with Crippen LogP contribution in [-0.4, -0.2) is 50.1 Å². The average molecular weight is 393 g/mol. The van der Waals surface area contributed by atoms with Crippen LogP contribution in [0.15, 0.2) is 24.3 Å². The predicted octanol–water partition coefficient (Wildman–Crippen LogP) is 0.766. The van der Waals surface area contributed by atoms with E-state index < -0.39 is 24.2 Å². The molecule has 1 aliphatic carbocycles. The highest BCUT2D eigenvalue weighted by atomic mass is 35.5. The second-order valence-corrected chi connectivity index (χ2v) is 6.62. The van der Waals surface area contributed by atoms with Crippen molar-refractivity contribution >= 4 is 23.4 Å². The normalized spacial score (nSPS) is 24.3. The topological polar surface area (TPSA) is 125 Å². The van der Waals surface area contributed by atoms with Crippen LogP contribution >= 0.6 is 11.6 Å². The molecule has 1 fully saturated rings. The number of anilines is 2. The van der Waals surface area contributed by atoms with Gasteiger partial charge in [-0.15, -0.1) is 0 Å². The van der Waals surface area contributed by atoms with Crippen molar-refractivity contribution < 1.29 is 19.7 Å². The third-order valence-electron chi connectivity index (χ3n) is 4.42. The molecule has 0 saturated heterocycles. The first-order valence-electron chi connectivity index (χ1n) is 8.23. The summed E-state index contributed by atoms with van der Waals surface area (Å²) in [7, 11) is 0. The number of hydrogen-bond acceptors (Lipinski definition) is 7. The van der Waals surface area contributed by atoms with Crippen molar-refractivity contribution in [3.8, 4) is 11.8 Å². The predicted molar refractivity (Wildman–Crippen MR) is 98.5 cm³/mol. The van der Waals surface area contributed by atoms with Crippen LogP contribution in [0.2, 0.25) is 5.15 Å². The number of hydrogen-bond donors (Lipinski definition) is 5. The number of nitrogens with zero attached hydrogens (tertiary/aromatic N) is 2. The van der Waals surface area contributed by atoms with Gasteiger partial charge in [0.15, 0.2) is 5.15 Å². The molecule has 27 heavy (non-hydrogen) atoms. The Balaban J connectivity index is 1.91. The Morgan fingerprint density at radius 2 is 1.89 bits per heavy atom. The molecule has 0 aliphatic heterocycles. The van der Waals surface area contributed by atoms with E-state index in [1.165, 1.54) is 24.3 Å². The van der Waals surface area contributed by atoms with E-state index in [-0.39, 0.29) is 34.9 Å². The zero-order valence-corrected chi connectivity index (χ0v) is 14.9. The minimum Gasteiger partial charge on any atom is -0.396 e. The minimum atomic E-state index is -1.10. The summed E-state index contributed by atoms with van der Waals surface area (Å²) in [6.07, 6.45) is -1.84. The Hall–Kier alpha value is -2.44. The number of aliphatic hydroxyl groups excluding tert-OH is 3. The second kappa shape index (κ2) is 8.06. The number of aromatic nitrogens is 2. The highest BCUT2D eigenvalue weighted by molar-refractivity contribution is 6.31. The first-order chi connectivity index (χ1) is 12.9. The molecule has 142 valence electrons. The third kappa shape index (κ3) is 4.28. The van der Waals surface area contributed by atoms with Crippen molar-refractivity contribution in [1.82, 2.24) is 9.97 Å². The second-order valence-electron chi connectivity index (χ2n) is 6.26. The number of rotatable bonds is 3. The molecule has 4 atom stereocenters. The van der Waals surface area contributed by atoms with E-state index in [4.69, 9.17) is 17.3 Å². The maximum absolute atomic E-state index is 13.0. The lowest BCUT2D eigenvalue weighted by molar-refractivity contribution is 0.00445. The van der Waals surface area contributed by atoms with E-state index in [1.54, 1.807) is 0 Å². The van der Waals surface area contributed by atoms with Crippen molar-refractivity contribution in [1.29, 1.82) is 0 Å². The molecule has 0 spiro atoms. The maximum Gasteiger partial charge on any atom is 0.223 e. The molecule has 0 amide bonds. The molecule has 2 aromatic rings. The van der Waals surface area contributed by atoms with E-state index in [2.05, 4.69) is 27.1 Å². The zero-order valence-electron chi connectivity index (χ0n) is 14.1. The summed E-state index contributed by atoms with van der Waals surface area (Å²) in [5, 5.41) is 32.4. The average Bonchev–Trinajstić information content (AvgIpc) is 2.90. The van der Waals surface area contributed by atoms with Crippen LogP contribution in [0.5, 0.6) is 0 Å². The summed E-state index contributed by atoms with van der Waals surface area (Å²) in [5.74, 6) is 4.96. The van der Waals surface area contributed by atoms with Gasteiger partial charge in [-0.2, -0.15) is 9.97 Å². The first-order valence-corrected chi connectivity index (χ1v) is 8.61. The van der Waals surface area contributed by atoms with Gasteiger partial charge in [0.2, 0.25) is 5.95 Å². The van der Waals surface area contributed by atoms with Crippen LogP contribution in [0.25, 0.3) is 0 Å². The van der Waals surface area contributed by atoms with E-state index in [9.17, 15) is 19.7 Å². The van der Waals surface area contributed by atoms with Gasteiger partial charge in [0.25, 0.3) is 0 Å². The van der Waals surface area contributed by atoms with Crippen LogP contribution in [0, 0.1) is 23.6 Å². The third-order valence-corrected chi connectivity index (χ3v) is 4.69. The molecule has 1 aliphatic rings. The zero-order chi connectivity index (χ0) is 19.6. The highest BCUT2D eigenvalue weighted by Crippen LogP contribution is 2.30. The van der Waals surface area contributed by atoms with Crippen LogP contribution in [0.1, 0.15) is 17.5 Å². The summed E-state index contributed by atoms with van der Waals surface area (Å²) in [5.41, 5.74) is 6.47. The molecular weight excluding hydrogens is 375 g/mol. The Labute approximate surface area is 160 Å². The Kier molecular flexibility index (Phi) is 5.77. The first kappa shape index (κ1) is 19.3. The number of nitrogen functional groups attached to an aromatic ring is 1. The van der Waals surface area contributed by atoms with Gasteiger partial charge in [0.1, 0.15) is 23.3 Å². The van der Waals surface area contributed by atoms with Crippen molar-refractivity contribution in [3.63, 3.8) is 0 Å². The monoisotopic (exact) mass is 392 g/mol. The molecule has 7 nitrogen and oxygen atoms in total. The van der Waals surface area contributed by atoms with E-state index in [0.717, 1.165) is 0 Å². The fourth-order valence-corrected chi connectivity index (χ4v) is 3.18. The summed E-state index contributed by atoms with van der Waals surface area (Å²) < 4.78 is 13.0. The fourth-order valence-electron chi connectivity index (χ4n) is 2.96. The van der Waals surface area contributed by atoms with Crippen LogP contribution in [-0.2, 0) is 0 Å². The lowest BCUT2D eigenvalue weighted by Crippen LogP contribution is -2.35. The highest BCUT2D eigenvalue weighted by Gasteiger charge is 2.41. The number of nitrogens with two attached hydrogens (primary N) is 1. The molecule has 0 unspecified atom stereocenters. The van der Waals surface area contributed by atoms with Gasteiger partial charge in [-0.3, -0.25) is 0 Å². The number of benzene rings is 1. The van der Waals surface area contributed by atoms with Crippen molar-refractivity contribution in [2.24, 2.45) is 5.92 Å². The molecule has 3 rings (SSSR count). The SMILES string of the molecule is Nc1nc(Cl)c(C#Cc2ccc(F)cc2)c(N[C@@H]2C[C@H](CO)[C@@H](O)[C@H]2O)n1. The lowest BCUT2D eigenvalue weighted by Gasteiger charge is -2.19. The van der Waals surface area contributed by atoms with Gasteiger partial charge in [0, 0.05) is 18.1 Å².